The van der Waals surface area contributed by atoms with Gasteiger partial charge in [-0.1, -0.05) is 0 Å². The molecule has 0 aliphatic rings. The highest BCUT2D eigenvalue weighted by atomic mass is 19.1. The summed E-state index contributed by atoms with van der Waals surface area (Å²) in [6.07, 6.45) is 0.765. The molecule has 6 heteroatoms. The number of anilines is 2. The Morgan fingerprint density at radius 1 is 1.26 bits per heavy atom. The monoisotopic (exact) mass is 313 g/mol. The Morgan fingerprint density at radius 3 is 2.48 bits per heavy atom. The van der Waals surface area contributed by atoms with Crippen LogP contribution in [0.4, 0.5) is 20.7 Å². The highest BCUT2D eigenvalue weighted by Gasteiger charge is 2.26. The fourth-order valence-electron chi connectivity index (χ4n) is 1.84. The van der Waals surface area contributed by atoms with Gasteiger partial charge in [0.05, 0.1) is 17.3 Å². The number of aromatic nitrogens is 1. The maximum absolute atomic E-state index is 13.2. The number of halogens is 1. The molecule has 0 aliphatic carbocycles. The van der Waals surface area contributed by atoms with Crippen LogP contribution in [0.15, 0.2) is 42.6 Å². The zero-order valence-corrected chi connectivity index (χ0v) is 13.1. The van der Waals surface area contributed by atoms with Crippen LogP contribution in [0.5, 0.6) is 0 Å². The van der Waals surface area contributed by atoms with Gasteiger partial charge in [-0.15, -0.1) is 0 Å². The zero-order valence-electron chi connectivity index (χ0n) is 13.1. The van der Waals surface area contributed by atoms with Crippen molar-refractivity contribution in [1.82, 2.24) is 4.98 Å². The van der Waals surface area contributed by atoms with Gasteiger partial charge >= 0.3 is 6.09 Å². The number of benzene rings is 1. The van der Waals surface area contributed by atoms with E-state index in [4.69, 9.17) is 10.00 Å². The van der Waals surface area contributed by atoms with Crippen LogP contribution < -0.4 is 4.90 Å². The number of amides is 1. The standard InChI is InChI=1S/C17H16FN3O2/c1-17(2,3)23-16(22)21(14-6-4-13(18)5-7-14)15-10-12(11-19)8-9-20-15/h4-10H,1-3H3. The Kier molecular flexibility index (Phi) is 4.60. The summed E-state index contributed by atoms with van der Waals surface area (Å²) in [7, 11) is 0. The maximum Gasteiger partial charge on any atom is 0.420 e. The molecule has 5 nitrogen and oxygen atoms in total. The second kappa shape index (κ2) is 6.44. The van der Waals surface area contributed by atoms with Crippen LogP contribution in [0.3, 0.4) is 0 Å². The van der Waals surface area contributed by atoms with Crippen molar-refractivity contribution in [2.45, 2.75) is 26.4 Å². The van der Waals surface area contributed by atoms with E-state index in [9.17, 15) is 9.18 Å². The van der Waals surface area contributed by atoms with Gasteiger partial charge in [-0.25, -0.2) is 19.1 Å². The molecule has 0 spiro atoms. The molecule has 23 heavy (non-hydrogen) atoms. The van der Waals surface area contributed by atoms with E-state index in [1.807, 2.05) is 6.07 Å². The third kappa shape index (κ3) is 4.27. The van der Waals surface area contributed by atoms with Crippen LogP contribution in [0.25, 0.3) is 0 Å². The summed E-state index contributed by atoms with van der Waals surface area (Å²) in [5, 5.41) is 9.01. The summed E-state index contributed by atoms with van der Waals surface area (Å²) in [4.78, 5) is 17.8. The molecule has 2 aromatic rings. The van der Waals surface area contributed by atoms with Gasteiger partial charge in [-0.3, -0.25) is 0 Å². The highest BCUT2D eigenvalue weighted by Crippen LogP contribution is 2.27. The van der Waals surface area contributed by atoms with Crippen molar-refractivity contribution in [2.24, 2.45) is 0 Å². The first kappa shape index (κ1) is 16.4. The molecule has 2 rings (SSSR count). The molecule has 0 saturated carbocycles. The molecule has 0 radical (unpaired) electrons. The van der Waals surface area contributed by atoms with E-state index in [-0.39, 0.29) is 5.82 Å². The number of carbonyl (C=O) groups is 1. The lowest BCUT2D eigenvalue weighted by atomic mass is 10.2. The molecule has 0 aliphatic heterocycles. The molecule has 0 bridgehead atoms. The summed E-state index contributed by atoms with van der Waals surface area (Å²) in [6.45, 7) is 5.23. The van der Waals surface area contributed by atoms with Gasteiger partial charge < -0.3 is 4.74 Å². The zero-order chi connectivity index (χ0) is 17.0. The smallest absolute Gasteiger partial charge is 0.420 e. The predicted octanol–water partition coefficient (Wildman–Crippen LogP) is 4.17. The Balaban J connectivity index is 2.48. The van der Waals surface area contributed by atoms with Crippen LogP contribution in [0.1, 0.15) is 26.3 Å². The predicted molar refractivity (Wildman–Crippen MR) is 83.7 cm³/mol. The van der Waals surface area contributed by atoms with Gasteiger partial charge in [0.2, 0.25) is 0 Å². The number of rotatable bonds is 2. The maximum atomic E-state index is 13.2. The lowest BCUT2D eigenvalue weighted by Crippen LogP contribution is -2.34. The van der Waals surface area contributed by atoms with Crippen molar-refractivity contribution in [1.29, 1.82) is 5.26 Å². The first-order valence-corrected chi connectivity index (χ1v) is 6.95. The van der Waals surface area contributed by atoms with E-state index in [0.717, 1.165) is 0 Å². The second-order valence-electron chi connectivity index (χ2n) is 5.81. The van der Waals surface area contributed by atoms with E-state index in [1.165, 1.54) is 47.5 Å². The molecule has 0 saturated heterocycles. The Morgan fingerprint density at radius 2 is 1.91 bits per heavy atom. The SMILES string of the molecule is CC(C)(C)OC(=O)N(c1ccc(F)cc1)c1cc(C#N)ccn1. The van der Waals surface area contributed by atoms with Gasteiger partial charge in [0.1, 0.15) is 17.2 Å². The lowest BCUT2D eigenvalue weighted by molar-refractivity contribution is 0.0598. The van der Waals surface area contributed by atoms with Crippen LogP contribution >= 0.6 is 0 Å². The normalized spacial score (nSPS) is 10.7. The molecule has 1 aromatic carbocycles. The van der Waals surface area contributed by atoms with Crippen LogP contribution in [0, 0.1) is 17.1 Å². The molecule has 0 unspecified atom stereocenters. The van der Waals surface area contributed by atoms with Crippen LogP contribution in [-0.2, 0) is 4.74 Å². The molecule has 1 aromatic heterocycles. The van der Waals surface area contributed by atoms with Gasteiger partial charge in [0.15, 0.2) is 0 Å². The molecule has 1 heterocycles. The van der Waals surface area contributed by atoms with E-state index in [0.29, 0.717) is 11.3 Å². The molecule has 0 atom stereocenters. The van der Waals surface area contributed by atoms with E-state index >= 15 is 0 Å². The first-order valence-electron chi connectivity index (χ1n) is 6.95. The number of hydrogen-bond acceptors (Lipinski definition) is 4. The van der Waals surface area contributed by atoms with E-state index in [1.54, 1.807) is 20.8 Å². The molecule has 1 amide bonds. The molecule has 0 fully saturated rings. The molecule has 118 valence electrons. The Hall–Kier alpha value is -2.94. The van der Waals surface area contributed by atoms with Crippen molar-refractivity contribution in [3.05, 3.63) is 54.0 Å². The molecule has 0 N–H and O–H groups in total. The largest absolute Gasteiger partial charge is 0.443 e. The second-order valence-corrected chi connectivity index (χ2v) is 5.81. The van der Waals surface area contributed by atoms with E-state index in [2.05, 4.69) is 4.98 Å². The average Bonchev–Trinajstić information content (AvgIpc) is 2.48. The topological polar surface area (TPSA) is 66.2 Å². The third-order valence-corrected chi connectivity index (χ3v) is 2.76. The summed E-state index contributed by atoms with van der Waals surface area (Å²) in [5.74, 6) is -0.193. The minimum Gasteiger partial charge on any atom is -0.443 e. The van der Waals surface area contributed by atoms with Crippen molar-refractivity contribution in [3.8, 4) is 6.07 Å². The molecular formula is C17H16FN3O2. The lowest BCUT2D eigenvalue weighted by Gasteiger charge is -2.26. The highest BCUT2D eigenvalue weighted by molar-refractivity contribution is 5.95. The summed E-state index contributed by atoms with van der Waals surface area (Å²) < 4.78 is 18.5. The minimum atomic E-state index is -0.706. The number of nitrogens with zero attached hydrogens (tertiary/aromatic N) is 3. The fourth-order valence-corrected chi connectivity index (χ4v) is 1.84. The quantitative estimate of drug-likeness (QED) is 0.834. The van der Waals surface area contributed by atoms with Crippen LogP contribution in [0.2, 0.25) is 0 Å². The van der Waals surface area contributed by atoms with E-state index < -0.39 is 17.5 Å². The van der Waals surface area contributed by atoms with Crippen LogP contribution in [-0.4, -0.2) is 16.7 Å². The summed E-state index contributed by atoms with van der Waals surface area (Å²) in [6, 6.07) is 10.3. The van der Waals surface area contributed by atoms with Crippen molar-refractivity contribution < 1.29 is 13.9 Å². The Bertz CT molecular complexity index is 746. The number of hydrogen-bond donors (Lipinski definition) is 0. The third-order valence-electron chi connectivity index (χ3n) is 2.76. The van der Waals surface area contributed by atoms with Crippen molar-refractivity contribution in [3.63, 3.8) is 0 Å². The van der Waals surface area contributed by atoms with Crippen molar-refractivity contribution >= 4 is 17.6 Å². The van der Waals surface area contributed by atoms with Gasteiger partial charge in [0.25, 0.3) is 0 Å². The minimum absolute atomic E-state index is 0.227. The van der Waals surface area contributed by atoms with Gasteiger partial charge in [0, 0.05) is 6.20 Å². The molecular weight excluding hydrogens is 297 g/mol. The fraction of sp³-hybridized carbons (Fsp3) is 0.235. The summed E-state index contributed by atoms with van der Waals surface area (Å²) in [5.41, 5.74) is 0.0382. The number of carbonyl (C=O) groups excluding carboxylic acids is 1. The average molecular weight is 313 g/mol. The van der Waals surface area contributed by atoms with Gasteiger partial charge in [-0.2, -0.15) is 5.26 Å². The number of ether oxygens (including phenoxy) is 1. The summed E-state index contributed by atoms with van der Waals surface area (Å²) >= 11 is 0. The van der Waals surface area contributed by atoms with Crippen molar-refractivity contribution in [2.75, 3.05) is 4.90 Å². The van der Waals surface area contributed by atoms with Gasteiger partial charge in [-0.05, 0) is 57.2 Å². The Labute approximate surface area is 133 Å². The number of pyridine rings is 1. The first-order chi connectivity index (χ1) is 10.8. The number of nitriles is 1.